The Morgan fingerprint density at radius 3 is 2.70 bits per heavy atom. The Kier molecular flexibility index (Phi) is 2.62. The monoisotopic (exact) mass is 147 g/mol. The Morgan fingerprint density at radius 1 is 1.50 bits per heavy atom. The van der Waals surface area contributed by atoms with Crippen molar-refractivity contribution in [3.05, 3.63) is 0 Å². The molecule has 0 radical (unpaired) electrons. The van der Waals surface area contributed by atoms with Gasteiger partial charge in [0, 0.05) is 0 Å². The number of ether oxygens (including phenoxy) is 1. The first-order valence-corrected chi connectivity index (χ1v) is 3.44. The minimum atomic E-state index is -0.897. The number of rotatable bonds is 1. The van der Waals surface area contributed by atoms with Gasteiger partial charge in [-0.25, -0.2) is 0 Å². The molecule has 4 N–H and O–H groups in total. The summed E-state index contributed by atoms with van der Waals surface area (Å²) in [5, 5.41) is 17.6. The summed E-state index contributed by atoms with van der Waals surface area (Å²) in [7, 11) is 0. The van der Waals surface area contributed by atoms with E-state index in [0.717, 1.165) is 6.42 Å². The fourth-order valence-corrected chi connectivity index (χ4v) is 1.02. The zero-order valence-corrected chi connectivity index (χ0v) is 5.73. The van der Waals surface area contributed by atoms with Crippen LogP contribution >= 0.6 is 0 Å². The summed E-state index contributed by atoms with van der Waals surface area (Å²) in [6.07, 6.45) is 0.321. The predicted molar refractivity (Wildman–Crippen MR) is 35.2 cm³/mol. The average Bonchev–Trinajstić information content (AvgIpc) is 1.95. The molecule has 0 aromatic rings. The summed E-state index contributed by atoms with van der Waals surface area (Å²) in [5.41, 5.74) is 5.44. The number of nitrogens with two attached hydrogens (primary N) is 1. The van der Waals surface area contributed by atoms with Crippen LogP contribution in [-0.2, 0) is 4.74 Å². The van der Waals surface area contributed by atoms with Gasteiger partial charge in [0.2, 0.25) is 0 Å². The highest BCUT2D eigenvalue weighted by molar-refractivity contribution is 4.74. The van der Waals surface area contributed by atoms with E-state index < -0.39 is 6.29 Å². The van der Waals surface area contributed by atoms with Crippen molar-refractivity contribution in [2.24, 2.45) is 5.73 Å². The predicted octanol–water partition coefficient (Wildman–Crippen LogP) is -1.20. The minimum absolute atomic E-state index is 0.0379. The maximum Gasteiger partial charge on any atom is 0.170 e. The maximum absolute atomic E-state index is 9.02. The first kappa shape index (κ1) is 7.94. The minimum Gasteiger partial charge on any atom is -0.394 e. The lowest BCUT2D eigenvalue weighted by Crippen LogP contribution is -2.44. The van der Waals surface area contributed by atoms with E-state index in [1.54, 1.807) is 0 Å². The van der Waals surface area contributed by atoms with Crippen molar-refractivity contribution >= 4 is 0 Å². The van der Waals surface area contributed by atoms with Gasteiger partial charge in [-0.2, -0.15) is 0 Å². The molecule has 0 spiro atoms. The Bertz CT molecular complexity index is 109. The first-order chi connectivity index (χ1) is 4.74. The number of aliphatic hydroxyl groups excluding tert-OH is 2. The Balaban J connectivity index is 2.33. The van der Waals surface area contributed by atoms with E-state index in [9.17, 15) is 0 Å². The largest absolute Gasteiger partial charge is 0.394 e. The molecule has 1 saturated heterocycles. The molecule has 1 rings (SSSR count). The van der Waals surface area contributed by atoms with E-state index >= 15 is 0 Å². The number of hydrogen-bond donors (Lipinski definition) is 3. The van der Waals surface area contributed by atoms with Crippen LogP contribution in [0.5, 0.6) is 0 Å². The lowest BCUT2D eigenvalue weighted by atomic mass is 10.1. The lowest BCUT2D eigenvalue weighted by molar-refractivity contribution is -0.181. The van der Waals surface area contributed by atoms with Crippen LogP contribution in [0.15, 0.2) is 0 Å². The van der Waals surface area contributed by atoms with E-state index in [4.69, 9.17) is 20.7 Å². The Morgan fingerprint density at radius 2 is 2.20 bits per heavy atom. The van der Waals surface area contributed by atoms with Crippen LogP contribution in [0.4, 0.5) is 0 Å². The molecule has 10 heavy (non-hydrogen) atoms. The zero-order chi connectivity index (χ0) is 7.56. The fraction of sp³-hybridized carbons (Fsp3) is 1.00. The van der Waals surface area contributed by atoms with Gasteiger partial charge in [0.1, 0.15) is 0 Å². The van der Waals surface area contributed by atoms with Crippen LogP contribution in [0.1, 0.15) is 12.8 Å². The summed E-state index contributed by atoms with van der Waals surface area (Å²) < 4.78 is 4.93. The van der Waals surface area contributed by atoms with Crippen LogP contribution in [0.25, 0.3) is 0 Å². The molecule has 1 heterocycles. The van der Waals surface area contributed by atoms with Gasteiger partial charge in [0.25, 0.3) is 0 Å². The van der Waals surface area contributed by atoms with Gasteiger partial charge in [-0.05, 0) is 12.8 Å². The summed E-state index contributed by atoms with van der Waals surface area (Å²) >= 11 is 0. The molecule has 3 unspecified atom stereocenters. The molecule has 0 amide bonds. The highest BCUT2D eigenvalue weighted by atomic mass is 16.6. The second-order valence-electron chi connectivity index (χ2n) is 2.57. The second kappa shape index (κ2) is 3.30. The summed E-state index contributed by atoms with van der Waals surface area (Å²) in [5.74, 6) is 0. The van der Waals surface area contributed by atoms with Crippen molar-refractivity contribution in [3.63, 3.8) is 0 Å². The summed E-state index contributed by atoms with van der Waals surface area (Å²) in [6, 6.07) is -0.289. The molecular weight excluding hydrogens is 134 g/mol. The SMILES string of the molecule is NC1CCC(CO)OC1O. The van der Waals surface area contributed by atoms with Crippen LogP contribution in [0.2, 0.25) is 0 Å². The Hall–Kier alpha value is -0.160. The molecule has 0 saturated carbocycles. The van der Waals surface area contributed by atoms with Gasteiger partial charge in [0.05, 0.1) is 18.8 Å². The van der Waals surface area contributed by atoms with Crippen molar-refractivity contribution in [2.75, 3.05) is 6.61 Å². The third-order valence-corrected chi connectivity index (χ3v) is 1.72. The molecule has 4 heteroatoms. The molecule has 0 aliphatic carbocycles. The topological polar surface area (TPSA) is 75.7 Å². The van der Waals surface area contributed by atoms with E-state index in [-0.39, 0.29) is 18.8 Å². The quantitative estimate of drug-likeness (QED) is 0.435. The first-order valence-electron chi connectivity index (χ1n) is 3.44. The molecule has 0 aromatic heterocycles. The van der Waals surface area contributed by atoms with Gasteiger partial charge < -0.3 is 20.7 Å². The third kappa shape index (κ3) is 1.67. The van der Waals surface area contributed by atoms with Gasteiger partial charge in [-0.15, -0.1) is 0 Å². The van der Waals surface area contributed by atoms with Crippen molar-refractivity contribution < 1.29 is 14.9 Å². The fourth-order valence-electron chi connectivity index (χ4n) is 1.02. The van der Waals surface area contributed by atoms with Crippen LogP contribution in [-0.4, -0.2) is 35.3 Å². The average molecular weight is 147 g/mol. The van der Waals surface area contributed by atoms with Crippen LogP contribution in [0, 0.1) is 0 Å². The third-order valence-electron chi connectivity index (χ3n) is 1.72. The van der Waals surface area contributed by atoms with E-state index in [0.29, 0.717) is 6.42 Å². The highest BCUT2D eigenvalue weighted by Gasteiger charge is 2.26. The number of hydrogen-bond acceptors (Lipinski definition) is 4. The highest BCUT2D eigenvalue weighted by Crippen LogP contribution is 2.15. The molecule has 1 fully saturated rings. The molecule has 1 aliphatic heterocycles. The van der Waals surface area contributed by atoms with Gasteiger partial charge in [-0.1, -0.05) is 0 Å². The molecule has 60 valence electrons. The second-order valence-corrected chi connectivity index (χ2v) is 2.57. The molecule has 1 aliphatic rings. The van der Waals surface area contributed by atoms with Crippen molar-refractivity contribution in [3.8, 4) is 0 Å². The smallest absolute Gasteiger partial charge is 0.170 e. The van der Waals surface area contributed by atoms with E-state index in [2.05, 4.69) is 0 Å². The normalized spacial score (nSPS) is 41.7. The van der Waals surface area contributed by atoms with Gasteiger partial charge >= 0.3 is 0 Å². The summed E-state index contributed by atoms with van der Waals surface area (Å²) in [4.78, 5) is 0. The van der Waals surface area contributed by atoms with Gasteiger partial charge in [0.15, 0.2) is 6.29 Å². The molecule has 3 atom stereocenters. The van der Waals surface area contributed by atoms with Crippen molar-refractivity contribution in [2.45, 2.75) is 31.3 Å². The van der Waals surface area contributed by atoms with Crippen LogP contribution < -0.4 is 5.73 Å². The number of aliphatic hydroxyl groups is 2. The standard InChI is InChI=1S/C6H13NO3/c7-5-2-1-4(3-8)10-6(5)9/h4-6,8-9H,1-3,7H2. The van der Waals surface area contributed by atoms with E-state index in [1.807, 2.05) is 0 Å². The van der Waals surface area contributed by atoms with Crippen LogP contribution in [0.3, 0.4) is 0 Å². The lowest BCUT2D eigenvalue weighted by Gasteiger charge is -2.30. The molecule has 0 aromatic carbocycles. The Labute approximate surface area is 59.6 Å². The molecule has 4 nitrogen and oxygen atoms in total. The molecular formula is C6H13NO3. The van der Waals surface area contributed by atoms with Gasteiger partial charge in [-0.3, -0.25) is 0 Å². The molecule has 0 bridgehead atoms. The zero-order valence-electron chi connectivity index (χ0n) is 5.73. The van der Waals surface area contributed by atoms with Crippen molar-refractivity contribution in [1.82, 2.24) is 0 Å². The maximum atomic E-state index is 9.02. The van der Waals surface area contributed by atoms with E-state index in [1.165, 1.54) is 0 Å². The van der Waals surface area contributed by atoms with Crippen molar-refractivity contribution in [1.29, 1.82) is 0 Å². The summed E-state index contributed by atoms with van der Waals surface area (Å²) in [6.45, 7) is -0.0379.